The number of hydrogen-bond donors (Lipinski definition) is 0. The quantitative estimate of drug-likeness (QED) is 0.729. The molecular formula is C14H18O2. The van der Waals surface area contributed by atoms with Crippen LogP contribution in [0.2, 0.25) is 0 Å². The summed E-state index contributed by atoms with van der Waals surface area (Å²) in [5, 5.41) is 0. The smallest absolute Gasteiger partial charge is 0.309 e. The Hall–Kier alpha value is -1.31. The number of carbonyl (C=O) groups excluding carboxylic acids is 1. The van der Waals surface area contributed by atoms with Gasteiger partial charge in [-0.25, -0.2) is 0 Å². The van der Waals surface area contributed by atoms with Crippen LogP contribution in [0.15, 0.2) is 24.3 Å². The van der Waals surface area contributed by atoms with Gasteiger partial charge in [-0.3, -0.25) is 4.79 Å². The maximum absolute atomic E-state index is 11.5. The van der Waals surface area contributed by atoms with E-state index < -0.39 is 0 Å². The fraction of sp³-hybridized carbons (Fsp3) is 0.500. The van der Waals surface area contributed by atoms with Crippen molar-refractivity contribution in [2.75, 3.05) is 7.11 Å². The minimum absolute atomic E-state index is 0.0594. The van der Waals surface area contributed by atoms with E-state index in [4.69, 9.17) is 4.74 Å². The number of aryl methyl sites for hydroxylation is 1. The number of rotatable bonds is 3. The Morgan fingerprint density at radius 1 is 1.31 bits per heavy atom. The largest absolute Gasteiger partial charge is 0.469 e. The lowest BCUT2D eigenvalue weighted by atomic mass is 9.70. The molecule has 0 saturated heterocycles. The number of carbonyl (C=O) groups is 1. The highest BCUT2D eigenvalue weighted by atomic mass is 16.5. The summed E-state index contributed by atoms with van der Waals surface area (Å²) in [7, 11) is 1.47. The third kappa shape index (κ3) is 1.97. The Morgan fingerprint density at radius 3 is 2.44 bits per heavy atom. The molecule has 0 aromatic heterocycles. The molecule has 1 aliphatic carbocycles. The van der Waals surface area contributed by atoms with Crippen LogP contribution in [-0.2, 0) is 16.0 Å². The van der Waals surface area contributed by atoms with Gasteiger partial charge in [-0.15, -0.1) is 0 Å². The number of methoxy groups -OCH3 is 1. The molecule has 16 heavy (non-hydrogen) atoms. The van der Waals surface area contributed by atoms with Crippen LogP contribution >= 0.6 is 0 Å². The summed E-state index contributed by atoms with van der Waals surface area (Å²) >= 11 is 0. The number of hydrogen-bond acceptors (Lipinski definition) is 2. The lowest BCUT2D eigenvalue weighted by molar-refractivity contribution is -0.149. The van der Waals surface area contributed by atoms with Crippen molar-refractivity contribution >= 4 is 5.97 Å². The maximum atomic E-state index is 11.5. The second-order valence-electron chi connectivity index (χ2n) is 4.41. The first-order valence-corrected chi connectivity index (χ1v) is 5.93. The van der Waals surface area contributed by atoms with Crippen LogP contribution in [0, 0.1) is 5.92 Å². The van der Waals surface area contributed by atoms with Gasteiger partial charge >= 0.3 is 5.97 Å². The normalized spacial score (nSPS) is 23.6. The Balaban J connectivity index is 2.09. The summed E-state index contributed by atoms with van der Waals surface area (Å²) in [5.41, 5.74) is 2.62. The highest BCUT2D eigenvalue weighted by Gasteiger charge is 2.38. The van der Waals surface area contributed by atoms with Crippen LogP contribution in [0.3, 0.4) is 0 Å². The summed E-state index contributed by atoms with van der Waals surface area (Å²) in [4.78, 5) is 11.5. The van der Waals surface area contributed by atoms with E-state index >= 15 is 0 Å². The average molecular weight is 218 g/mol. The van der Waals surface area contributed by atoms with E-state index in [2.05, 4.69) is 31.2 Å². The van der Waals surface area contributed by atoms with Gasteiger partial charge in [-0.1, -0.05) is 31.2 Å². The van der Waals surface area contributed by atoms with Crippen LogP contribution in [-0.4, -0.2) is 13.1 Å². The fourth-order valence-corrected chi connectivity index (χ4v) is 2.33. The van der Waals surface area contributed by atoms with E-state index in [1.165, 1.54) is 18.2 Å². The van der Waals surface area contributed by atoms with Gasteiger partial charge in [-0.05, 0) is 36.3 Å². The van der Waals surface area contributed by atoms with Crippen LogP contribution in [0.25, 0.3) is 0 Å². The molecule has 0 aliphatic heterocycles. The first kappa shape index (κ1) is 11.2. The molecule has 2 rings (SSSR count). The third-order valence-corrected chi connectivity index (χ3v) is 3.59. The molecule has 1 aromatic rings. The first-order chi connectivity index (χ1) is 7.76. The van der Waals surface area contributed by atoms with Crippen molar-refractivity contribution in [3.8, 4) is 0 Å². The second kappa shape index (κ2) is 4.69. The fourth-order valence-electron chi connectivity index (χ4n) is 2.33. The van der Waals surface area contributed by atoms with Gasteiger partial charge in [0.2, 0.25) is 0 Å². The summed E-state index contributed by atoms with van der Waals surface area (Å²) in [6.45, 7) is 2.15. The van der Waals surface area contributed by atoms with Gasteiger partial charge in [-0.2, -0.15) is 0 Å². The molecular weight excluding hydrogens is 200 g/mol. The molecule has 0 heterocycles. The highest BCUT2D eigenvalue weighted by Crippen LogP contribution is 2.43. The van der Waals surface area contributed by atoms with Crippen molar-refractivity contribution in [3.05, 3.63) is 35.4 Å². The summed E-state index contributed by atoms with van der Waals surface area (Å²) in [6.07, 6.45) is 3.13. The van der Waals surface area contributed by atoms with Crippen molar-refractivity contribution in [2.45, 2.75) is 32.1 Å². The lowest BCUT2D eigenvalue weighted by Gasteiger charge is -2.34. The molecule has 2 heteroatoms. The van der Waals surface area contributed by atoms with Crippen LogP contribution in [0.1, 0.15) is 36.8 Å². The summed E-state index contributed by atoms with van der Waals surface area (Å²) in [6, 6.07) is 8.61. The Bertz CT molecular complexity index is 367. The van der Waals surface area contributed by atoms with Crippen molar-refractivity contribution in [3.63, 3.8) is 0 Å². The molecule has 1 aromatic carbocycles. The molecule has 86 valence electrons. The highest BCUT2D eigenvalue weighted by molar-refractivity contribution is 5.74. The number of benzene rings is 1. The molecule has 2 atom stereocenters. The topological polar surface area (TPSA) is 26.3 Å². The third-order valence-electron chi connectivity index (χ3n) is 3.59. The van der Waals surface area contributed by atoms with Crippen LogP contribution in [0.4, 0.5) is 0 Å². The Kier molecular flexibility index (Phi) is 3.28. The van der Waals surface area contributed by atoms with Crippen molar-refractivity contribution < 1.29 is 9.53 Å². The molecule has 0 N–H and O–H groups in total. The van der Waals surface area contributed by atoms with Gasteiger partial charge in [0.1, 0.15) is 0 Å². The van der Waals surface area contributed by atoms with Crippen molar-refractivity contribution in [1.82, 2.24) is 0 Å². The van der Waals surface area contributed by atoms with Crippen molar-refractivity contribution in [2.24, 2.45) is 5.92 Å². The molecule has 0 spiro atoms. The average Bonchev–Trinajstić information content (AvgIpc) is 2.28. The molecule has 0 radical (unpaired) electrons. The van der Waals surface area contributed by atoms with Gasteiger partial charge in [0.25, 0.3) is 0 Å². The molecule has 2 unspecified atom stereocenters. The zero-order valence-corrected chi connectivity index (χ0v) is 9.90. The Morgan fingerprint density at radius 2 is 2.00 bits per heavy atom. The van der Waals surface area contributed by atoms with E-state index in [-0.39, 0.29) is 11.9 Å². The lowest BCUT2D eigenvalue weighted by Crippen LogP contribution is -2.32. The summed E-state index contributed by atoms with van der Waals surface area (Å²) in [5.74, 6) is 0.395. The molecule has 1 saturated carbocycles. The molecule has 0 amide bonds. The zero-order chi connectivity index (χ0) is 11.5. The van der Waals surface area contributed by atoms with Crippen LogP contribution < -0.4 is 0 Å². The summed E-state index contributed by atoms with van der Waals surface area (Å²) < 4.78 is 4.81. The maximum Gasteiger partial charge on any atom is 0.309 e. The van der Waals surface area contributed by atoms with E-state index in [9.17, 15) is 4.79 Å². The van der Waals surface area contributed by atoms with Crippen molar-refractivity contribution in [1.29, 1.82) is 0 Å². The predicted molar refractivity (Wildman–Crippen MR) is 63.3 cm³/mol. The molecule has 0 bridgehead atoms. The monoisotopic (exact) mass is 218 g/mol. The van der Waals surface area contributed by atoms with E-state index in [1.807, 2.05) is 0 Å². The number of esters is 1. The minimum Gasteiger partial charge on any atom is -0.469 e. The first-order valence-electron chi connectivity index (χ1n) is 5.93. The van der Waals surface area contributed by atoms with Gasteiger partial charge in [0, 0.05) is 0 Å². The molecule has 2 nitrogen and oxygen atoms in total. The van der Waals surface area contributed by atoms with Gasteiger partial charge < -0.3 is 4.74 Å². The molecule has 1 fully saturated rings. The van der Waals surface area contributed by atoms with E-state index in [1.54, 1.807) is 0 Å². The number of ether oxygens (including phenoxy) is 1. The Labute approximate surface area is 96.6 Å². The minimum atomic E-state index is -0.0594. The predicted octanol–water partition coefficient (Wildman–Crippen LogP) is 2.92. The second-order valence-corrected chi connectivity index (χ2v) is 4.41. The van der Waals surface area contributed by atoms with E-state index in [0.717, 1.165) is 19.3 Å². The van der Waals surface area contributed by atoms with Gasteiger partial charge in [0.05, 0.1) is 13.0 Å². The van der Waals surface area contributed by atoms with Gasteiger partial charge in [0.15, 0.2) is 0 Å². The SMILES string of the molecule is CCc1ccc(C2CCC2C(=O)OC)cc1. The standard InChI is InChI=1S/C14H18O2/c1-3-10-4-6-11(7-5-10)12-8-9-13(12)14(15)16-2/h4-7,12-13H,3,8-9H2,1-2H3. The van der Waals surface area contributed by atoms with Crippen LogP contribution in [0.5, 0.6) is 0 Å². The molecule has 1 aliphatic rings. The zero-order valence-electron chi connectivity index (χ0n) is 9.90. The van der Waals surface area contributed by atoms with E-state index in [0.29, 0.717) is 5.92 Å².